The van der Waals surface area contributed by atoms with Crippen molar-refractivity contribution in [3.05, 3.63) is 56.6 Å². The second-order valence-corrected chi connectivity index (χ2v) is 6.57. The van der Waals surface area contributed by atoms with Crippen molar-refractivity contribution in [3.8, 4) is 11.5 Å². The number of hydrogen-bond donors (Lipinski definition) is 0. The van der Waals surface area contributed by atoms with Gasteiger partial charge in [0, 0.05) is 0 Å². The molecule has 0 N–H and O–H groups in total. The molecule has 0 saturated carbocycles. The summed E-state index contributed by atoms with van der Waals surface area (Å²) in [5.41, 5.74) is -1.49. The van der Waals surface area contributed by atoms with E-state index in [0.717, 1.165) is 24.3 Å². The second-order valence-electron chi connectivity index (χ2n) is 4.68. The zero-order valence-electron chi connectivity index (χ0n) is 13.0. The van der Waals surface area contributed by atoms with Crippen molar-refractivity contribution in [3.63, 3.8) is 0 Å². The molecule has 0 heterocycles. The van der Waals surface area contributed by atoms with E-state index in [0.29, 0.717) is 0 Å². The van der Waals surface area contributed by atoms with Gasteiger partial charge in [0.2, 0.25) is 9.84 Å². The van der Waals surface area contributed by atoms with Crippen LogP contribution in [0.2, 0.25) is 0 Å². The summed E-state index contributed by atoms with van der Waals surface area (Å²) < 4.78 is 35.3. The molecule has 11 heteroatoms. The van der Waals surface area contributed by atoms with Crippen molar-refractivity contribution in [2.45, 2.75) is 9.79 Å². The van der Waals surface area contributed by atoms with Gasteiger partial charge in [-0.05, 0) is 24.3 Å². The lowest BCUT2D eigenvalue weighted by Gasteiger charge is -2.08. The van der Waals surface area contributed by atoms with Crippen LogP contribution in [0.4, 0.5) is 11.4 Å². The fourth-order valence-electron chi connectivity index (χ4n) is 2.11. The maximum absolute atomic E-state index is 12.8. The Morgan fingerprint density at radius 3 is 1.44 bits per heavy atom. The Kier molecular flexibility index (Phi) is 4.88. The predicted octanol–water partition coefficient (Wildman–Crippen LogP) is 2.35. The van der Waals surface area contributed by atoms with Gasteiger partial charge in [0.1, 0.15) is 21.3 Å². The molecule has 0 aliphatic carbocycles. The summed E-state index contributed by atoms with van der Waals surface area (Å²) in [5.74, 6) is 0.157. The van der Waals surface area contributed by atoms with E-state index < -0.39 is 40.8 Å². The van der Waals surface area contributed by atoms with Crippen LogP contribution < -0.4 is 9.47 Å². The van der Waals surface area contributed by atoms with E-state index in [2.05, 4.69) is 0 Å². The Bertz CT molecular complexity index is 884. The third-order valence-corrected chi connectivity index (χ3v) is 5.15. The molecule has 132 valence electrons. The topological polar surface area (TPSA) is 139 Å². The molecule has 0 amide bonds. The maximum Gasteiger partial charge on any atom is 0.292 e. The van der Waals surface area contributed by atoms with Gasteiger partial charge >= 0.3 is 0 Å². The Labute approximate surface area is 141 Å². The van der Waals surface area contributed by atoms with Crippen molar-refractivity contribution < 1.29 is 27.7 Å². The Hall–Kier alpha value is -3.21. The molecule has 0 atom stereocenters. The van der Waals surface area contributed by atoms with Gasteiger partial charge in [-0.2, -0.15) is 0 Å². The van der Waals surface area contributed by atoms with Crippen LogP contribution in [-0.2, 0) is 9.84 Å². The largest absolute Gasteiger partial charge is 0.497 e. The predicted molar refractivity (Wildman–Crippen MR) is 84.7 cm³/mol. The first-order valence-electron chi connectivity index (χ1n) is 6.62. The minimum atomic E-state index is -4.53. The standard InChI is InChI=1S/C14H12N2O8S/c1-23-9-3-5-13(11(7-9)15(17)18)25(21,22)14-6-4-10(24-2)8-12(14)16(19)20/h3-8H,1-2H3. The SMILES string of the molecule is COc1ccc(S(=O)(=O)c2ccc(OC)cc2[N+](=O)[O-])c([N+](=O)[O-])c1. The van der Waals surface area contributed by atoms with Gasteiger partial charge < -0.3 is 9.47 Å². The summed E-state index contributed by atoms with van der Waals surface area (Å²) in [5, 5.41) is 22.4. The van der Waals surface area contributed by atoms with Crippen LogP contribution in [0.25, 0.3) is 0 Å². The van der Waals surface area contributed by atoms with Gasteiger partial charge in [-0.3, -0.25) is 20.2 Å². The summed E-state index contributed by atoms with van der Waals surface area (Å²) in [4.78, 5) is 19.3. The van der Waals surface area contributed by atoms with Crippen molar-refractivity contribution in [1.82, 2.24) is 0 Å². The molecule has 0 aliphatic rings. The first-order chi connectivity index (χ1) is 11.7. The smallest absolute Gasteiger partial charge is 0.292 e. The van der Waals surface area contributed by atoms with Gasteiger partial charge in [0.05, 0.1) is 36.2 Å². The third-order valence-electron chi connectivity index (χ3n) is 3.30. The van der Waals surface area contributed by atoms with Crippen LogP contribution in [0.1, 0.15) is 0 Å². The molecule has 0 spiro atoms. The van der Waals surface area contributed by atoms with Crippen molar-refractivity contribution in [2.75, 3.05) is 14.2 Å². The number of sulfone groups is 1. The first kappa shape index (κ1) is 18.1. The molecule has 0 aliphatic heterocycles. The Morgan fingerprint density at radius 2 is 1.16 bits per heavy atom. The highest BCUT2D eigenvalue weighted by Crippen LogP contribution is 2.37. The van der Waals surface area contributed by atoms with Crippen LogP contribution in [0.3, 0.4) is 0 Å². The summed E-state index contributed by atoms with van der Waals surface area (Å²) in [6.45, 7) is 0. The number of hydrogen-bond acceptors (Lipinski definition) is 8. The van der Waals surface area contributed by atoms with E-state index in [1.54, 1.807) is 0 Å². The normalized spacial score (nSPS) is 11.0. The maximum atomic E-state index is 12.8. The van der Waals surface area contributed by atoms with E-state index in [-0.39, 0.29) is 11.5 Å². The monoisotopic (exact) mass is 368 g/mol. The highest BCUT2D eigenvalue weighted by Gasteiger charge is 2.34. The van der Waals surface area contributed by atoms with E-state index >= 15 is 0 Å². The van der Waals surface area contributed by atoms with Gasteiger partial charge in [-0.25, -0.2) is 8.42 Å². The average molecular weight is 368 g/mol. The zero-order chi connectivity index (χ0) is 18.8. The van der Waals surface area contributed by atoms with Crippen molar-refractivity contribution in [1.29, 1.82) is 0 Å². The minimum absolute atomic E-state index is 0.0786. The summed E-state index contributed by atoms with van der Waals surface area (Å²) in [6.07, 6.45) is 0. The van der Waals surface area contributed by atoms with E-state index in [4.69, 9.17) is 9.47 Å². The van der Waals surface area contributed by atoms with Crippen LogP contribution in [0.5, 0.6) is 11.5 Å². The lowest BCUT2D eigenvalue weighted by Crippen LogP contribution is -2.08. The summed E-state index contributed by atoms with van der Waals surface area (Å²) in [7, 11) is -2.00. The van der Waals surface area contributed by atoms with Crippen molar-refractivity contribution in [2.24, 2.45) is 0 Å². The Morgan fingerprint density at radius 1 is 0.800 bits per heavy atom. The molecule has 2 aromatic carbocycles. The number of nitro benzene ring substituents is 2. The van der Waals surface area contributed by atoms with Crippen LogP contribution in [0, 0.1) is 20.2 Å². The minimum Gasteiger partial charge on any atom is -0.497 e. The lowest BCUT2D eigenvalue weighted by atomic mass is 10.3. The number of nitrogens with zero attached hydrogens (tertiary/aromatic N) is 2. The fraction of sp³-hybridized carbons (Fsp3) is 0.143. The molecule has 0 aromatic heterocycles. The van der Waals surface area contributed by atoms with Crippen LogP contribution in [-0.4, -0.2) is 32.5 Å². The van der Waals surface area contributed by atoms with Crippen molar-refractivity contribution >= 4 is 21.2 Å². The highest BCUT2D eigenvalue weighted by atomic mass is 32.2. The van der Waals surface area contributed by atoms with Gasteiger partial charge in [-0.1, -0.05) is 0 Å². The molecule has 10 nitrogen and oxygen atoms in total. The quantitative estimate of drug-likeness (QED) is 0.559. The van der Waals surface area contributed by atoms with Gasteiger partial charge in [-0.15, -0.1) is 0 Å². The molecule has 0 fully saturated rings. The molecule has 0 radical (unpaired) electrons. The van der Waals surface area contributed by atoms with E-state index in [1.165, 1.54) is 26.4 Å². The summed E-state index contributed by atoms with van der Waals surface area (Å²) >= 11 is 0. The highest BCUT2D eigenvalue weighted by molar-refractivity contribution is 7.91. The number of benzene rings is 2. The molecule has 25 heavy (non-hydrogen) atoms. The molecular formula is C14H12N2O8S. The van der Waals surface area contributed by atoms with Crippen LogP contribution >= 0.6 is 0 Å². The molecule has 0 bridgehead atoms. The second kappa shape index (κ2) is 6.73. The van der Waals surface area contributed by atoms with Gasteiger partial charge in [0.25, 0.3) is 11.4 Å². The molecule has 2 rings (SSSR count). The first-order valence-corrected chi connectivity index (χ1v) is 8.10. The molecule has 2 aromatic rings. The van der Waals surface area contributed by atoms with Gasteiger partial charge in [0.15, 0.2) is 0 Å². The van der Waals surface area contributed by atoms with Crippen LogP contribution in [0.15, 0.2) is 46.2 Å². The number of ether oxygens (including phenoxy) is 2. The lowest BCUT2D eigenvalue weighted by molar-refractivity contribution is -0.388. The Balaban J connectivity index is 2.76. The number of rotatable bonds is 6. The zero-order valence-corrected chi connectivity index (χ0v) is 13.8. The average Bonchev–Trinajstić information content (AvgIpc) is 2.60. The molecule has 0 saturated heterocycles. The summed E-state index contributed by atoms with van der Waals surface area (Å²) in [6, 6.07) is 6.25. The molecule has 0 unspecified atom stereocenters. The van der Waals surface area contributed by atoms with E-state index in [9.17, 15) is 28.6 Å². The number of nitro groups is 2. The molecular weight excluding hydrogens is 356 g/mol. The van der Waals surface area contributed by atoms with E-state index in [1.807, 2.05) is 0 Å². The number of methoxy groups -OCH3 is 2. The third kappa shape index (κ3) is 3.35. The fourth-order valence-corrected chi connectivity index (χ4v) is 3.66.